The summed E-state index contributed by atoms with van der Waals surface area (Å²) in [5.41, 5.74) is 14.4. The Hall–Kier alpha value is -6.90. The molecule has 0 unspecified atom stereocenters. The molecular formula is C50H35NO. The summed E-state index contributed by atoms with van der Waals surface area (Å²) in [5.74, 6) is 0. The maximum absolute atomic E-state index is 6.31. The van der Waals surface area contributed by atoms with Gasteiger partial charge in [-0.15, -0.1) is 0 Å². The van der Waals surface area contributed by atoms with Crippen LogP contribution in [0.5, 0.6) is 0 Å². The van der Waals surface area contributed by atoms with Crippen molar-refractivity contribution in [1.82, 2.24) is 0 Å². The third-order valence-corrected chi connectivity index (χ3v) is 9.68. The molecule has 0 spiro atoms. The Morgan fingerprint density at radius 3 is 1.40 bits per heavy atom. The highest BCUT2D eigenvalue weighted by Crippen LogP contribution is 2.41. The van der Waals surface area contributed by atoms with Crippen molar-refractivity contribution in [3.8, 4) is 11.1 Å². The first kappa shape index (κ1) is 31.1. The predicted octanol–water partition coefficient (Wildman–Crippen LogP) is 13.7. The molecule has 0 aliphatic heterocycles. The monoisotopic (exact) mass is 665 g/mol. The molecule has 0 saturated carbocycles. The van der Waals surface area contributed by atoms with Crippen LogP contribution in [-0.4, -0.2) is 0 Å². The molecule has 0 aliphatic rings. The molecule has 0 aliphatic carbocycles. The third kappa shape index (κ3) is 5.97. The molecule has 2 nitrogen and oxygen atoms in total. The van der Waals surface area contributed by atoms with E-state index in [4.69, 9.17) is 4.42 Å². The van der Waals surface area contributed by atoms with Gasteiger partial charge < -0.3 is 9.32 Å². The molecule has 246 valence electrons. The second-order valence-electron chi connectivity index (χ2n) is 12.9. The van der Waals surface area contributed by atoms with Crippen LogP contribution in [0.4, 0.5) is 17.1 Å². The Kier molecular flexibility index (Phi) is 8.24. The van der Waals surface area contributed by atoms with Crippen molar-refractivity contribution in [2.45, 2.75) is 0 Å². The topological polar surface area (TPSA) is 16.4 Å². The van der Waals surface area contributed by atoms with Gasteiger partial charge in [0.2, 0.25) is 0 Å². The first-order valence-electron chi connectivity index (χ1n) is 17.7. The van der Waals surface area contributed by atoms with E-state index in [0.29, 0.717) is 0 Å². The Morgan fingerprint density at radius 2 is 0.788 bits per heavy atom. The fourth-order valence-electron chi connectivity index (χ4n) is 7.26. The third-order valence-electron chi connectivity index (χ3n) is 9.68. The van der Waals surface area contributed by atoms with Crippen LogP contribution in [0.1, 0.15) is 22.3 Å². The number of nitrogens with zero attached hydrogens (tertiary/aromatic N) is 1. The standard InChI is InChI=1S/C50H35NO/c1-5-16-37(17-6-1)49(38-18-7-2-8-19-38)50(39-20-9-3-10-21-39)40-30-28-36(29-31-40)41-22-15-25-43(34-41)51(42-23-11-4-12-24-42)44-32-33-46-45-26-13-14-27-47(45)52-48(46)35-44/h1-35H. The first-order chi connectivity index (χ1) is 25.8. The van der Waals surface area contributed by atoms with E-state index in [1.165, 1.54) is 33.4 Å². The molecule has 0 N–H and O–H groups in total. The van der Waals surface area contributed by atoms with Gasteiger partial charge in [0.25, 0.3) is 0 Å². The van der Waals surface area contributed by atoms with Crippen LogP contribution in [0.3, 0.4) is 0 Å². The summed E-state index contributed by atoms with van der Waals surface area (Å²) in [6.07, 6.45) is 0. The second kappa shape index (κ2) is 13.8. The summed E-state index contributed by atoms with van der Waals surface area (Å²) in [6, 6.07) is 75.2. The molecule has 0 saturated heterocycles. The van der Waals surface area contributed by atoms with Gasteiger partial charge in [-0.05, 0) is 87.0 Å². The van der Waals surface area contributed by atoms with Crippen LogP contribution < -0.4 is 4.90 Å². The minimum atomic E-state index is 0.874. The Balaban J connectivity index is 1.14. The van der Waals surface area contributed by atoms with E-state index in [0.717, 1.165) is 50.1 Å². The summed E-state index contributed by atoms with van der Waals surface area (Å²) in [4.78, 5) is 2.30. The summed E-state index contributed by atoms with van der Waals surface area (Å²) in [6.45, 7) is 0. The van der Waals surface area contributed by atoms with Gasteiger partial charge in [-0.1, -0.05) is 164 Å². The SMILES string of the molecule is c1ccc(C(=C(c2ccccc2)c2ccc(-c3cccc(N(c4ccccc4)c4ccc5c(c4)oc4ccccc45)c3)cc2)c2ccccc2)cc1. The van der Waals surface area contributed by atoms with Crippen molar-refractivity contribution in [3.05, 3.63) is 235 Å². The maximum Gasteiger partial charge on any atom is 0.137 e. The Bertz CT molecular complexity index is 2600. The number of benzene rings is 8. The number of para-hydroxylation sites is 2. The van der Waals surface area contributed by atoms with Crippen LogP contribution in [0.15, 0.2) is 217 Å². The molecule has 1 heterocycles. The highest BCUT2D eigenvalue weighted by Gasteiger charge is 2.18. The number of hydrogen-bond acceptors (Lipinski definition) is 2. The van der Waals surface area contributed by atoms with Crippen LogP contribution in [0.25, 0.3) is 44.2 Å². The molecule has 2 heteroatoms. The molecule has 52 heavy (non-hydrogen) atoms. The lowest BCUT2D eigenvalue weighted by molar-refractivity contribution is 0.669. The van der Waals surface area contributed by atoms with Crippen LogP contribution >= 0.6 is 0 Å². The van der Waals surface area contributed by atoms with E-state index in [1.807, 2.05) is 12.1 Å². The van der Waals surface area contributed by atoms with Crippen LogP contribution in [-0.2, 0) is 0 Å². The molecule has 0 atom stereocenters. The van der Waals surface area contributed by atoms with E-state index in [9.17, 15) is 0 Å². The molecule has 0 fully saturated rings. The molecule has 0 radical (unpaired) electrons. The normalized spacial score (nSPS) is 11.1. The lowest BCUT2D eigenvalue weighted by Crippen LogP contribution is -2.09. The smallest absolute Gasteiger partial charge is 0.137 e. The van der Waals surface area contributed by atoms with Gasteiger partial charge >= 0.3 is 0 Å². The van der Waals surface area contributed by atoms with Crippen molar-refractivity contribution in [1.29, 1.82) is 0 Å². The molecule has 8 aromatic carbocycles. The van der Waals surface area contributed by atoms with Crippen molar-refractivity contribution in [2.75, 3.05) is 4.90 Å². The van der Waals surface area contributed by atoms with Gasteiger partial charge in [0.1, 0.15) is 11.2 Å². The fourth-order valence-corrected chi connectivity index (χ4v) is 7.26. The zero-order valence-corrected chi connectivity index (χ0v) is 28.6. The number of rotatable bonds is 8. The Morgan fingerprint density at radius 1 is 0.308 bits per heavy atom. The summed E-state index contributed by atoms with van der Waals surface area (Å²) in [7, 11) is 0. The van der Waals surface area contributed by atoms with Gasteiger partial charge in [-0.3, -0.25) is 0 Å². The fraction of sp³-hybridized carbons (Fsp3) is 0. The van der Waals surface area contributed by atoms with E-state index < -0.39 is 0 Å². The second-order valence-corrected chi connectivity index (χ2v) is 12.9. The molecular weight excluding hydrogens is 631 g/mol. The van der Waals surface area contributed by atoms with Crippen molar-refractivity contribution in [2.24, 2.45) is 0 Å². The number of hydrogen-bond donors (Lipinski definition) is 0. The van der Waals surface area contributed by atoms with Gasteiger partial charge in [-0.25, -0.2) is 0 Å². The van der Waals surface area contributed by atoms with Gasteiger partial charge in [0.15, 0.2) is 0 Å². The van der Waals surface area contributed by atoms with Crippen LogP contribution in [0.2, 0.25) is 0 Å². The average Bonchev–Trinajstić information content (AvgIpc) is 3.60. The zero-order valence-electron chi connectivity index (χ0n) is 28.6. The maximum atomic E-state index is 6.31. The number of fused-ring (bicyclic) bond motifs is 3. The van der Waals surface area contributed by atoms with Gasteiger partial charge in [0, 0.05) is 33.9 Å². The zero-order chi connectivity index (χ0) is 34.7. The minimum Gasteiger partial charge on any atom is -0.456 e. The summed E-state index contributed by atoms with van der Waals surface area (Å²) >= 11 is 0. The van der Waals surface area contributed by atoms with E-state index in [2.05, 4.69) is 205 Å². The van der Waals surface area contributed by atoms with Gasteiger partial charge in [-0.2, -0.15) is 0 Å². The molecule has 1 aromatic heterocycles. The molecule has 9 aromatic rings. The summed E-state index contributed by atoms with van der Waals surface area (Å²) < 4.78 is 6.31. The number of anilines is 3. The molecule has 0 amide bonds. The number of furan rings is 1. The van der Waals surface area contributed by atoms with Crippen LogP contribution in [0, 0.1) is 0 Å². The first-order valence-corrected chi connectivity index (χ1v) is 17.7. The average molecular weight is 666 g/mol. The Labute approximate surface area is 304 Å². The van der Waals surface area contributed by atoms with Crippen molar-refractivity contribution >= 4 is 50.1 Å². The highest BCUT2D eigenvalue weighted by molar-refractivity contribution is 6.06. The lowest BCUT2D eigenvalue weighted by Gasteiger charge is -2.26. The summed E-state index contributed by atoms with van der Waals surface area (Å²) in [5, 5.41) is 2.25. The largest absolute Gasteiger partial charge is 0.456 e. The molecule has 9 rings (SSSR count). The van der Waals surface area contributed by atoms with Gasteiger partial charge in [0.05, 0.1) is 0 Å². The van der Waals surface area contributed by atoms with Crippen molar-refractivity contribution in [3.63, 3.8) is 0 Å². The molecule has 0 bridgehead atoms. The van der Waals surface area contributed by atoms with Crippen molar-refractivity contribution < 1.29 is 4.42 Å². The highest BCUT2D eigenvalue weighted by atomic mass is 16.3. The minimum absolute atomic E-state index is 0.874. The lowest BCUT2D eigenvalue weighted by atomic mass is 9.85. The quantitative estimate of drug-likeness (QED) is 0.150. The van der Waals surface area contributed by atoms with E-state index in [1.54, 1.807) is 0 Å². The van der Waals surface area contributed by atoms with E-state index >= 15 is 0 Å². The predicted molar refractivity (Wildman–Crippen MR) is 218 cm³/mol. The van der Waals surface area contributed by atoms with E-state index in [-0.39, 0.29) is 0 Å².